The molecule has 0 aliphatic rings. The predicted molar refractivity (Wildman–Crippen MR) is 47.7 cm³/mol. The molecule has 1 unspecified atom stereocenters. The molecule has 0 rings (SSSR count). The summed E-state index contributed by atoms with van der Waals surface area (Å²) in [5, 5.41) is 46.3. The van der Waals surface area contributed by atoms with Crippen molar-refractivity contribution in [3.63, 3.8) is 0 Å². The van der Waals surface area contributed by atoms with Gasteiger partial charge in [-0.2, -0.15) is 0 Å². The number of hydrogen-bond donors (Lipinski definition) is 6. The van der Waals surface area contributed by atoms with E-state index < -0.39 is 12.1 Å². The van der Waals surface area contributed by atoms with Gasteiger partial charge in [-0.25, -0.2) is 4.79 Å². The number of carbonyl (C=O) groups is 1. The molecule has 6 N–H and O–H groups in total. The average Bonchev–Trinajstić information content (AvgIpc) is 2.18. The van der Waals surface area contributed by atoms with Crippen LogP contribution in [0.15, 0.2) is 0 Å². The Morgan fingerprint density at radius 2 is 1.14 bits per heavy atom. The van der Waals surface area contributed by atoms with E-state index in [1.165, 1.54) is 6.92 Å². The number of hydrogen-bond acceptors (Lipinski definition) is 6. The topological polar surface area (TPSA) is 138 Å². The fraction of sp³-hybridized carbons (Fsp3) is 0.857. The van der Waals surface area contributed by atoms with Gasteiger partial charge in [0.15, 0.2) is 0 Å². The van der Waals surface area contributed by atoms with Crippen LogP contribution in [0.25, 0.3) is 0 Å². The summed E-state index contributed by atoms with van der Waals surface area (Å²) in [5.41, 5.74) is 0. The molecule has 0 amide bonds. The standard InChI is InChI=1S/C3H6O3.2C2H6O2/c1-2(4)3(5)6;2*3-1-2-4/h2,4H,1H3,(H,5,6);2*3-4H,1-2H2. The molecule has 0 fully saturated rings. The van der Waals surface area contributed by atoms with Gasteiger partial charge in [0.2, 0.25) is 0 Å². The molecule has 7 heteroatoms. The minimum absolute atomic E-state index is 0.125. The van der Waals surface area contributed by atoms with Crippen LogP contribution in [0, 0.1) is 0 Å². The van der Waals surface area contributed by atoms with Crippen molar-refractivity contribution in [3.8, 4) is 0 Å². The van der Waals surface area contributed by atoms with Gasteiger partial charge in [0.1, 0.15) is 6.10 Å². The first-order chi connectivity index (χ1) is 6.47. The summed E-state index contributed by atoms with van der Waals surface area (Å²) in [6.07, 6.45) is -1.23. The number of aliphatic hydroxyl groups excluding tert-OH is 5. The number of aliphatic hydroxyl groups is 5. The minimum Gasteiger partial charge on any atom is -0.479 e. The first-order valence-electron chi connectivity index (χ1n) is 3.82. The zero-order valence-electron chi connectivity index (χ0n) is 8.00. The highest BCUT2D eigenvalue weighted by atomic mass is 16.4. The van der Waals surface area contributed by atoms with Crippen LogP contribution in [0.5, 0.6) is 0 Å². The second-order valence-electron chi connectivity index (χ2n) is 1.91. The van der Waals surface area contributed by atoms with Gasteiger partial charge in [-0.15, -0.1) is 0 Å². The van der Waals surface area contributed by atoms with Gasteiger partial charge < -0.3 is 30.6 Å². The molecule has 0 heterocycles. The molecular weight excluding hydrogens is 196 g/mol. The van der Waals surface area contributed by atoms with Crippen LogP contribution in [0.2, 0.25) is 0 Å². The predicted octanol–water partition coefficient (Wildman–Crippen LogP) is -2.61. The second-order valence-corrected chi connectivity index (χ2v) is 1.91. The number of carboxylic acids is 1. The van der Waals surface area contributed by atoms with Crippen LogP contribution >= 0.6 is 0 Å². The highest BCUT2D eigenvalue weighted by Crippen LogP contribution is 1.73. The van der Waals surface area contributed by atoms with Crippen molar-refractivity contribution in [2.45, 2.75) is 13.0 Å². The number of carboxylic acid groups (broad SMARTS) is 1. The van der Waals surface area contributed by atoms with Crippen LogP contribution in [0.1, 0.15) is 6.92 Å². The summed E-state index contributed by atoms with van der Waals surface area (Å²) in [5.74, 6) is -1.19. The Bertz CT molecular complexity index is 96.2. The fourth-order valence-corrected chi connectivity index (χ4v) is 0. The van der Waals surface area contributed by atoms with E-state index in [0.717, 1.165) is 0 Å². The first-order valence-corrected chi connectivity index (χ1v) is 3.82. The van der Waals surface area contributed by atoms with Gasteiger partial charge in [-0.05, 0) is 6.92 Å². The molecular formula is C7H18O7. The smallest absolute Gasteiger partial charge is 0.332 e. The van der Waals surface area contributed by atoms with E-state index >= 15 is 0 Å². The van der Waals surface area contributed by atoms with Gasteiger partial charge in [-0.3, -0.25) is 0 Å². The molecule has 0 saturated heterocycles. The maximum Gasteiger partial charge on any atom is 0.332 e. The maximum absolute atomic E-state index is 9.45. The molecule has 0 aromatic rings. The highest BCUT2D eigenvalue weighted by molar-refractivity contribution is 5.71. The molecule has 0 aromatic heterocycles. The Morgan fingerprint density at radius 1 is 1.00 bits per heavy atom. The molecule has 1 atom stereocenters. The molecule has 0 spiro atoms. The second kappa shape index (κ2) is 18.1. The summed E-state index contributed by atoms with van der Waals surface area (Å²) in [7, 11) is 0. The Kier molecular flexibility index (Phi) is 24.5. The third-order valence-corrected chi connectivity index (χ3v) is 0.557. The van der Waals surface area contributed by atoms with Crippen LogP contribution < -0.4 is 0 Å². The lowest BCUT2D eigenvalue weighted by atomic mass is 10.4. The van der Waals surface area contributed by atoms with Gasteiger partial charge in [-0.1, -0.05) is 0 Å². The largest absolute Gasteiger partial charge is 0.479 e. The molecule has 0 saturated carbocycles. The van der Waals surface area contributed by atoms with Crippen molar-refractivity contribution < 1.29 is 35.4 Å². The van der Waals surface area contributed by atoms with Gasteiger partial charge in [0.25, 0.3) is 0 Å². The SMILES string of the molecule is CC(O)C(=O)O.OCCO.OCCO. The monoisotopic (exact) mass is 214 g/mol. The van der Waals surface area contributed by atoms with Crippen molar-refractivity contribution in [2.75, 3.05) is 26.4 Å². The van der Waals surface area contributed by atoms with Crippen LogP contribution in [-0.2, 0) is 4.79 Å². The molecule has 88 valence electrons. The fourth-order valence-electron chi connectivity index (χ4n) is 0. The molecule has 0 radical (unpaired) electrons. The quantitative estimate of drug-likeness (QED) is 0.302. The highest BCUT2D eigenvalue weighted by Gasteiger charge is 2.01. The Hall–Kier alpha value is -0.730. The van der Waals surface area contributed by atoms with Crippen molar-refractivity contribution in [3.05, 3.63) is 0 Å². The van der Waals surface area contributed by atoms with Crippen LogP contribution in [-0.4, -0.2) is 69.1 Å². The summed E-state index contributed by atoms with van der Waals surface area (Å²) in [6.45, 7) is 0.697. The Morgan fingerprint density at radius 3 is 1.14 bits per heavy atom. The molecule has 0 aromatic carbocycles. The summed E-state index contributed by atoms with van der Waals surface area (Å²) in [4.78, 5) is 9.45. The normalized spacial score (nSPS) is 10.1. The number of rotatable bonds is 3. The summed E-state index contributed by atoms with van der Waals surface area (Å²) in [6, 6.07) is 0. The molecule has 0 aliphatic carbocycles. The van der Waals surface area contributed by atoms with Crippen molar-refractivity contribution in [1.82, 2.24) is 0 Å². The lowest BCUT2D eigenvalue weighted by Gasteiger charge is -1.89. The third kappa shape index (κ3) is 42.8. The number of aliphatic carboxylic acids is 1. The van der Waals surface area contributed by atoms with Crippen molar-refractivity contribution >= 4 is 5.97 Å². The van der Waals surface area contributed by atoms with E-state index in [2.05, 4.69) is 0 Å². The molecule has 14 heavy (non-hydrogen) atoms. The van der Waals surface area contributed by atoms with Gasteiger partial charge in [0.05, 0.1) is 26.4 Å². The average molecular weight is 214 g/mol. The summed E-state index contributed by atoms with van der Waals surface area (Å²) >= 11 is 0. The zero-order valence-corrected chi connectivity index (χ0v) is 8.00. The van der Waals surface area contributed by atoms with Crippen molar-refractivity contribution in [1.29, 1.82) is 0 Å². The minimum atomic E-state index is -1.23. The van der Waals surface area contributed by atoms with Crippen LogP contribution in [0.3, 0.4) is 0 Å². The lowest BCUT2D eigenvalue weighted by Crippen LogP contribution is -2.13. The summed E-state index contributed by atoms with van der Waals surface area (Å²) < 4.78 is 0. The van der Waals surface area contributed by atoms with E-state index in [9.17, 15) is 4.79 Å². The Balaban J connectivity index is -0.000000135. The van der Waals surface area contributed by atoms with Crippen LogP contribution in [0.4, 0.5) is 0 Å². The van der Waals surface area contributed by atoms with Crippen molar-refractivity contribution in [2.24, 2.45) is 0 Å². The molecule has 0 bridgehead atoms. The van der Waals surface area contributed by atoms with Gasteiger partial charge in [0, 0.05) is 0 Å². The lowest BCUT2D eigenvalue weighted by molar-refractivity contribution is -0.145. The van der Waals surface area contributed by atoms with E-state index in [1.807, 2.05) is 0 Å². The third-order valence-electron chi connectivity index (χ3n) is 0.557. The maximum atomic E-state index is 9.45. The van der Waals surface area contributed by atoms with Gasteiger partial charge >= 0.3 is 5.97 Å². The first kappa shape index (κ1) is 18.9. The zero-order chi connectivity index (χ0) is 12.0. The molecule has 7 nitrogen and oxygen atoms in total. The van der Waals surface area contributed by atoms with E-state index in [4.69, 9.17) is 30.6 Å². The van der Waals surface area contributed by atoms with E-state index in [0.29, 0.717) is 0 Å². The van der Waals surface area contributed by atoms with E-state index in [1.54, 1.807) is 0 Å². The molecule has 0 aliphatic heterocycles. The Labute approximate surface area is 81.9 Å². The van der Waals surface area contributed by atoms with E-state index in [-0.39, 0.29) is 26.4 Å².